The summed E-state index contributed by atoms with van der Waals surface area (Å²) >= 11 is 0. The predicted molar refractivity (Wildman–Crippen MR) is 147 cm³/mol. The van der Waals surface area contributed by atoms with Crippen molar-refractivity contribution >= 4 is 16.7 Å². The highest BCUT2D eigenvalue weighted by Crippen LogP contribution is 2.40. The lowest BCUT2D eigenvalue weighted by Gasteiger charge is -2.42. The maximum Gasteiger partial charge on any atom is 0.263 e. The molecule has 6 rings (SSSR count). The smallest absolute Gasteiger partial charge is 0.263 e. The summed E-state index contributed by atoms with van der Waals surface area (Å²) in [6.45, 7) is 1.66. The molecule has 0 N–H and O–H groups in total. The van der Waals surface area contributed by atoms with Crippen LogP contribution in [0.5, 0.6) is 17.2 Å². The van der Waals surface area contributed by atoms with Gasteiger partial charge in [-0.25, -0.2) is 0 Å². The second-order valence-electron chi connectivity index (χ2n) is 10.1. The van der Waals surface area contributed by atoms with Gasteiger partial charge >= 0.3 is 0 Å². The topological polar surface area (TPSA) is 92.0 Å². The van der Waals surface area contributed by atoms with Gasteiger partial charge in [-0.2, -0.15) is 0 Å². The molecule has 0 saturated carbocycles. The first-order valence-electron chi connectivity index (χ1n) is 12.9. The third-order valence-electron chi connectivity index (χ3n) is 7.85. The number of likely N-dealkylation sites (tertiary alicyclic amines) is 1. The predicted octanol–water partition coefficient (Wildman–Crippen LogP) is 3.44. The zero-order valence-corrected chi connectivity index (χ0v) is 22.0. The van der Waals surface area contributed by atoms with E-state index in [9.17, 15) is 14.4 Å². The van der Waals surface area contributed by atoms with Gasteiger partial charge in [-0.3, -0.25) is 19.0 Å². The average molecular weight is 528 g/mol. The van der Waals surface area contributed by atoms with Gasteiger partial charge in [0.05, 0.1) is 32.6 Å². The maximum absolute atomic E-state index is 14.1. The van der Waals surface area contributed by atoms with Crippen molar-refractivity contribution in [2.75, 3.05) is 34.4 Å². The fraction of sp³-hybridized carbons (Fsp3) is 0.300. The Morgan fingerprint density at radius 1 is 0.846 bits per heavy atom. The van der Waals surface area contributed by atoms with E-state index in [1.165, 1.54) is 25.9 Å². The molecular weight excluding hydrogens is 498 g/mol. The normalized spacial score (nSPS) is 18.0. The Kier molecular flexibility index (Phi) is 6.13. The molecular formula is C30H29N3O6. The molecule has 1 saturated heterocycles. The Bertz CT molecular complexity index is 1700. The van der Waals surface area contributed by atoms with Crippen molar-refractivity contribution in [3.8, 4) is 22.9 Å². The van der Waals surface area contributed by atoms with Crippen molar-refractivity contribution in [1.82, 2.24) is 14.0 Å². The van der Waals surface area contributed by atoms with Crippen LogP contribution in [0.2, 0.25) is 0 Å². The first-order valence-corrected chi connectivity index (χ1v) is 12.9. The molecule has 4 aromatic rings. The Hall–Kier alpha value is -4.53. The second kappa shape index (κ2) is 9.65. The number of methoxy groups -OCH3 is 3. The Morgan fingerprint density at radius 3 is 2.26 bits per heavy atom. The molecule has 2 aromatic heterocycles. The third-order valence-corrected chi connectivity index (χ3v) is 7.85. The minimum absolute atomic E-state index is 0.00500. The molecule has 2 atom stereocenters. The van der Waals surface area contributed by atoms with Gasteiger partial charge in [0.1, 0.15) is 0 Å². The molecule has 39 heavy (non-hydrogen) atoms. The third kappa shape index (κ3) is 4.05. The van der Waals surface area contributed by atoms with Crippen molar-refractivity contribution in [2.45, 2.75) is 18.9 Å². The first-order chi connectivity index (χ1) is 18.9. The van der Waals surface area contributed by atoms with Crippen LogP contribution < -0.4 is 25.3 Å². The van der Waals surface area contributed by atoms with Gasteiger partial charge in [0.15, 0.2) is 11.5 Å². The van der Waals surface area contributed by atoms with Crippen LogP contribution >= 0.6 is 0 Å². The molecule has 200 valence electrons. The van der Waals surface area contributed by atoms with Crippen LogP contribution in [0.3, 0.4) is 0 Å². The van der Waals surface area contributed by atoms with E-state index in [1.807, 2.05) is 27.7 Å². The molecule has 4 heterocycles. The van der Waals surface area contributed by atoms with Gasteiger partial charge < -0.3 is 23.7 Å². The molecule has 0 radical (unpaired) electrons. The molecule has 9 nitrogen and oxygen atoms in total. The number of piperidine rings is 1. The van der Waals surface area contributed by atoms with Crippen LogP contribution in [0.25, 0.3) is 16.5 Å². The maximum atomic E-state index is 14.1. The Labute approximate surface area is 224 Å². The van der Waals surface area contributed by atoms with Crippen molar-refractivity contribution in [1.29, 1.82) is 0 Å². The summed E-state index contributed by atoms with van der Waals surface area (Å²) in [7, 11) is 4.54. The van der Waals surface area contributed by atoms with E-state index in [1.54, 1.807) is 42.6 Å². The van der Waals surface area contributed by atoms with Crippen molar-refractivity contribution < 1.29 is 19.0 Å². The summed E-state index contributed by atoms with van der Waals surface area (Å²) in [5, 5.41) is 1.04. The van der Waals surface area contributed by atoms with E-state index in [2.05, 4.69) is 0 Å². The first kappa shape index (κ1) is 24.8. The lowest BCUT2D eigenvalue weighted by atomic mass is 9.83. The van der Waals surface area contributed by atoms with Gasteiger partial charge in [0.25, 0.3) is 17.0 Å². The molecule has 2 bridgehead atoms. The summed E-state index contributed by atoms with van der Waals surface area (Å²) in [6.07, 6.45) is 2.55. The zero-order chi connectivity index (χ0) is 27.3. The van der Waals surface area contributed by atoms with Gasteiger partial charge in [0, 0.05) is 66.4 Å². The van der Waals surface area contributed by atoms with E-state index in [0.29, 0.717) is 58.9 Å². The molecule has 2 aromatic carbocycles. The number of fused-ring (bicyclic) bond motifs is 5. The van der Waals surface area contributed by atoms with E-state index in [0.717, 1.165) is 12.1 Å². The molecule has 0 spiro atoms. The highest BCUT2D eigenvalue weighted by Gasteiger charge is 2.37. The number of benzene rings is 2. The number of rotatable bonds is 5. The molecule has 2 aliphatic heterocycles. The summed E-state index contributed by atoms with van der Waals surface area (Å²) in [4.78, 5) is 42.1. The number of aromatic nitrogens is 2. The van der Waals surface area contributed by atoms with Gasteiger partial charge in [-0.05, 0) is 24.5 Å². The number of hydrogen-bond donors (Lipinski definition) is 0. The summed E-state index contributed by atoms with van der Waals surface area (Å²) in [6, 6.07) is 15.9. The van der Waals surface area contributed by atoms with Crippen molar-refractivity contribution in [3.05, 3.63) is 92.8 Å². The van der Waals surface area contributed by atoms with Gasteiger partial charge in [-0.1, -0.05) is 24.3 Å². The SMILES string of the molecule is COc1cc(-n2cc(C(=O)N3C[C@H]4C[C@@H](C3)c3cccc(=O)n3C4)c3ccccc3c2=O)cc(OC)c1OC. The Balaban J connectivity index is 1.46. The second-order valence-corrected chi connectivity index (χ2v) is 10.1. The van der Waals surface area contributed by atoms with Crippen LogP contribution in [0.1, 0.15) is 28.4 Å². The Morgan fingerprint density at radius 2 is 1.56 bits per heavy atom. The number of nitrogens with zero attached hydrogens (tertiary/aromatic N) is 3. The van der Waals surface area contributed by atoms with Crippen molar-refractivity contribution in [2.24, 2.45) is 5.92 Å². The lowest BCUT2D eigenvalue weighted by Crippen LogP contribution is -2.49. The highest BCUT2D eigenvalue weighted by molar-refractivity contribution is 6.06. The molecule has 0 aliphatic carbocycles. The fourth-order valence-corrected chi connectivity index (χ4v) is 6.09. The standard InChI is InChI=1S/C30H29N3O6/c1-37-25-12-20(13-26(38-2)28(25)39-3)32-17-23(21-7-4-5-8-22(21)30(32)36)29(35)31-14-18-11-19(16-31)24-9-6-10-27(34)33(24)15-18/h4-10,12-13,17-19H,11,14-16H2,1-3H3/t18-,19+/m1/s1. The fourth-order valence-electron chi connectivity index (χ4n) is 6.09. The number of carbonyl (C=O) groups is 1. The molecule has 1 fully saturated rings. The van der Waals surface area contributed by atoms with Crippen LogP contribution in [0.4, 0.5) is 0 Å². The quantitative estimate of drug-likeness (QED) is 0.395. The molecule has 2 aliphatic rings. The number of ether oxygens (including phenoxy) is 3. The molecule has 9 heteroatoms. The van der Waals surface area contributed by atoms with Crippen LogP contribution in [-0.4, -0.2) is 54.4 Å². The van der Waals surface area contributed by atoms with Crippen LogP contribution in [0, 0.1) is 5.92 Å². The van der Waals surface area contributed by atoms with Gasteiger partial charge in [0.2, 0.25) is 5.75 Å². The summed E-state index contributed by atoms with van der Waals surface area (Å²) in [5.41, 5.74) is 1.64. The van der Waals surface area contributed by atoms with E-state index < -0.39 is 0 Å². The monoisotopic (exact) mass is 527 g/mol. The van der Waals surface area contributed by atoms with Gasteiger partial charge in [-0.15, -0.1) is 0 Å². The molecule has 0 unspecified atom stereocenters. The largest absolute Gasteiger partial charge is 0.493 e. The lowest BCUT2D eigenvalue weighted by molar-refractivity contribution is 0.0596. The van der Waals surface area contributed by atoms with E-state index in [4.69, 9.17) is 14.2 Å². The number of pyridine rings is 2. The zero-order valence-electron chi connectivity index (χ0n) is 22.0. The number of carbonyl (C=O) groups excluding carboxylic acids is 1. The highest BCUT2D eigenvalue weighted by atomic mass is 16.5. The van der Waals surface area contributed by atoms with E-state index in [-0.39, 0.29) is 28.9 Å². The average Bonchev–Trinajstić information content (AvgIpc) is 2.97. The minimum atomic E-state index is -0.264. The summed E-state index contributed by atoms with van der Waals surface area (Å²) in [5.74, 6) is 1.34. The summed E-state index contributed by atoms with van der Waals surface area (Å²) < 4.78 is 19.7. The van der Waals surface area contributed by atoms with Crippen molar-refractivity contribution in [3.63, 3.8) is 0 Å². The number of hydrogen-bond acceptors (Lipinski definition) is 6. The molecule has 1 amide bonds. The number of amides is 1. The van der Waals surface area contributed by atoms with E-state index >= 15 is 0 Å². The van der Waals surface area contributed by atoms with Crippen LogP contribution in [-0.2, 0) is 6.54 Å². The minimum Gasteiger partial charge on any atom is -0.493 e. The van der Waals surface area contributed by atoms with Crippen LogP contribution in [0.15, 0.2) is 70.4 Å².